The zero-order valence-corrected chi connectivity index (χ0v) is 14.1. The average Bonchev–Trinajstić information content (AvgIpc) is 2.61. The third-order valence-electron chi connectivity index (χ3n) is 4.41. The van der Waals surface area contributed by atoms with Crippen LogP contribution < -0.4 is 11.1 Å². The van der Waals surface area contributed by atoms with Crippen molar-refractivity contribution in [1.29, 1.82) is 0 Å². The van der Waals surface area contributed by atoms with Gasteiger partial charge in [0.2, 0.25) is 6.41 Å². The molecular weight excluding hydrogens is 306 g/mol. The van der Waals surface area contributed by atoms with Gasteiger partial charge in [0.25, 0.3) is 0 Å². The second kappa shape index (κ2) is 8.59. The minimum absolute atomic E-state index is 0.152. The van der Waals surface area contributed by atoms with Gasteiger partial charge in [-0.3, -0.25) is 19.3 Å². The largest absolute Gasteiger partial charge is 0.341 e. The summed E-state index contributed by atoms with van der Waals surface area (Å²) in [4.78, 5) is 35.9. The van der Waals surface area contributed by atoms with E-state index in [0.717, 1.165) is 23.3 Å². The van der Waals surface area contributed by atoms with Gasteiger partial charge in [-0.25, -0.2) is 0 Å². The summed E-state index contributed by atoms with van der Waals surface area (Å²) in [6, 6.07) is 5.91. The number of aryl methyl sites for hydroxylation is 2. The van der Waals surface area contributed by atoms with E-state index in [1.54, 1.807) is 0 Å². The first-order chi connectivity index (χ1) is 11.6. The Morgan fingerprint density at radius 3 is 2.67 bits per heavy atom. The number of imide groups is 1. The maximum absolute atomic E-state index is 12.1. The Balaban J connectivity index is 2.00. The molecule has 0 radical (unpaired) electrons. The molecule has 6 nitrogen and oxygen atoms in total. The molecule has 0 saturated carbocycles. The first-order valence-electron chi connectivity index (χ1n) is 8.45. The van der Waals surface area contributed by atoms with Crippen molar-refractivity contribution in [2.75, 3.05) is 13.1 Å². The first kappa shape index (κ1) is 18.1. The Hall–Kier alpha value is -2.21. The lowest BCUT2D eigenvalue weighted by Crippen LogP contribution is -2.43. The van der Waals surface area contributed by atoms with Crippen LogP contribution in [0.25, 0.3) is 0 Å². The number of benzene rings is 1. The molecule has 0 aliphatic heterocycles. The van der Waals surface area contributed by atoms with E-state index < -0.39 is 11.8 Å². The van der Waals surface area contributed by atoms with Gasteiger partial charge in [-0.2, -0.15) is 0 Å². The summed E-state index contributed by atoms with van der Waals surface area (Å²) in [6.45, 7) is 2.34. The van der Waals surface area contributed by atoms with Crippen LogP contribution in [0.2, 0.25) is 0 Å². The molecule has 0 aromatic heterocycles. The molecule has 1 aliphatic rings. The van der Waals surface area contributed by atoms with Crippen molar-refractivity contribution < 1.29 is 14.4 Å². The van der Waals surface area contributed by atoms with Crippen LogP contribution in [-0.4, -0.2) is 36.2 Å². The van der Waals surface area contributed by atoms with Gasteiger partial charge >= 0.3 is 11.8 Å². The predicted octanol–water partition coefficient (Wildman–Crippen LogP) is 1.08. The zero-order chi connectivity index (χ0) is 17.5. The summed E-state index contributed by atoms with van der Waals surface area (Å²) in [5.41, 5.74) is 9.03. The van der Waals surface area contributed by atoms with Gasteiger partial charge in [-0.15, -0.1) is 0 Å². The van der Waals surface area contributed by atoms with E-state index in [-0.39, 0.29) is 12.6 Å². The van der Waals surface area contributed by atoms with Gasteiger partial charge in [0.05, 0.1) is 6.04 Å². The van der Waals surface area contributed by atoms with Crippen molar-refractivity contribution in [3.05, 3.63) is 34.9 Å². The molecule has 1 unspecified atom stereocenters. The van der Waals surface area contributed by atoms with E-state index in [9.17, 15) is 14.4 Å². The highest BCUT2D eigenvalue weighted by Crippen LogP contribution is 2.24. The van der Waals surface area contributed by atoms with E-state index in [2.05, 4.69) is 17.4 Å². The molecule has 1 aromatic rings. The minimum Gasteiger partial charge on any atom is -0.341 e. The Labute approximate surface area is 142 Å². The maximum Gasteiger partial charge on any atom is 0.318 e. The quantitative estimate of drug-likeness (QED) is 0.602. The predicted molar refractivity (Wildman–Crippen MR) is 91.1 cm³/mol. The number of nitrogens with one attached hydrogen (secondary N) is 1. The molecule has 0 heterocycles. The highest BCUT2D eigenvalue weighted by molar-refractivity contribution is 6.36. The van der Waals surface area contributed by atoms with Gasteiger partial charge in [0, 0.05) is 6.54 Å². The number of hydrogen-bond acceptors (Lipinski definition) is 4. The van der Waals surface area contributed by atoms with Crippen LogP contribution in [0.15, 0.2) is 18.2 Å². The van der Waals surface area contributed by atoms with Crippen molar-refractivity contribution in [3.8, 4) is 0 Å². The molecule has 1 aromatic carbocycles. The van der Waals surface area contributed by atoms with Crippen molar-refractivity contribution in [2.24, 2.45) is 5.73 Å². The highest BCUT2D eigenvalue weighted by Gasteiger charge is 2.23. The van der Waals surface area contributed by atoms with Crippen molar-refractivity contribution >= 4 is 18.2 Å². The molecule has 0 bridgehead atoms. The van der Waals surface area contributed by atoms with Crippen molar-refractivity contribution in [1.82, 2.24) is 10.2 Å². The lowest BCUT2D eigenvalue weighted by Gasteiger charge is -2.21. The molecule has 3 amide bonds. The number of carbonyl (C=O) groups excluding carboxylic acids is 3. The number of nitrogens with two attached hydrogens (primary N) is 1. The molecule has 0 spiro atoms. The first-order valence-corrected chi connectivity index (χ1v) is 8.45. The van der Waals surface area contributed by atoms with Crippen LogP contribution in [0.3, 0.4) is 0 Å². The Morgan fingerprint density at radius 2 is 2.00 bits per heavy atom. The van der Waals surface area contributed by atoms with Crippen LogP contribution in [0.1, 0.15) is 48.9 Å². The summed E-state index contributed by atoms with van der Waals surface area (Å²) in [7, 11) is 0. The fraction of sp³-hybridized carbons (Fsp3) is 0.500. The summed E-state index contributed by atoms with van der Waals surface area (Å²) in [6.07, 6.45) is 5.41. The van der Waals surface area contributed by atoms with E-state index >= 15 is 0 Å². The Kier molecular flexibility index (Phi) is 6.49. The number of nitrogens with zero attached hydrogens (tertiary/aromatic N) is 1. The van der Waals surface area contributed by atoms with E-state index in [4.69, 9.17) is 5.73 Å². The minimum atomic E-state index is -0.844. The smallest absolute Gasteiger partial charge is 0.318 e. The summed E-state index contributed by atoms with van der Waals surface area (Å²) >= 11 is 0. The molecule has 2 rings (SSSR count). The second-order valence-corrected chi connectivity index (χ2v) is 6.18. The van der Waals surface area contributed by atoms with Gasteiger partial charge in [0.15, 0.2) is 0 Å². The molecule has 1 atom stereocenters. The summed E-state index contributed by atoms with van der Waals surface area (Å²) in [5.74, 6) is -1.62. The molecule has 0 fully saturated rings. The highest BCUT2D eigenvalue weighted by atomic mass is 16.2. The molecular formula is C18H25N3O3. The molecule has 1 aliphatic carbocycles. The van der Waals surface area contributed by atoms with Crippen LogP contribution in [0, 0.1) is 0 Å². The van der Waals surface area contributed by atoms with Crippen LogP contribution in [0.4, 0.5) is 0 Å². The van der Waals surface area contributed by atoms with Crippen LogP contribution in [0.5, 0.6) is 0 Å². The summed E-state index contributed by atoms with van der Waals surface area (Å²) in [5, 5.41) is 2.67. The van der Waals surface area contributed by atoms with Crippen molar-refractivity contribution in [2.45, 2.75) is 45.1 Å². The Bertz CT molecular complexity index is 616. The number of fused-ring (bicyclic) bond motifs is 1. The molecule has 24 heavy (non-hydrogen) atoms. The van der Waals surface area contributed by atoms with Gasteiger partial charge in [-0.1, -0.05) is 18.2 Å². The monoisotopic (exact) mass is 331 g/mol. The number of rotatable bonds is 6. The fourth-order valence-electron chi connectivity index (χ4n) is 2.96. The SMILES string of the molecule is CC(NC(=O)C(=O)N(C=O)CCCN)c1ccc2c(c1)CCCC2. The van der Waals surface area contributed by atoms with Crippen LogP contribution in [-0.2, 0) is 27.2 Å². The number of carbonyl (C=O) groups is 3. The van der Waals surface area contributed by atoms with Crippen LogP contribution >= 0.6 is 0 Å². The fourth-order valence-corrected chi connectivity index (χ4v) is 2.96. The molecule has 130 valence electrons. The second-order valence-electron chi connectivity index (χ2n) is 6.18. The number of amides is 3. The van der Waals surface area contributed by atoms with E-state index in [0.29, 0.717) is 19.4 Å². The molecule has 0 saturated heterocycles. The lowest BCUT2D eigenvalue weighted by atomic mass is 9.89. The van der Waals surface area contributed by atoms with E-state index in [1.165, 1.54) is 24.0 Å². The van der Waals surface area contributed by atoms with Gasteiger partial charge < -0.3 is 11.1 Å². The number of hydrogen-bond donors (Lipinski definition) is 2. The summed E-state index contributed by atoms with van der Waals surface area (Å²) < 4.78 is 0. The average molecular weight is 331 g/mol. The van der Waals surface area contributed by atoms with E-state index in [1.807, 2.05) is 13.0 Å². The van der Waals surface area contributed by atoms with Gasteiger partial charge in [0.1, 0.15) is 0 Å². The van der Waals surface area contributed by atoms with Crippen molar-refractivity contribution in [3.63, 3.8) is 0 Å². The molecule has 3 N–H and O–H groups in total. The Morgan fingerprint density at radius 1 is 1.29 bits per heavy atom. The normalized spacial score (nSPS) is 14.4. The maximum atomic E-state index is 12.1. The topological polar surface area (TPSA) is 92.5 Å². The standard InChI is InChI=1S/C18H25N3O3/c1-13(15-8-7-14-5-2-3-6-16(14)11-15)20-17(23)18(24)21(12-22)10-4-9-19/h7-8,11-13H,2-6,9-10,19H2,1H3,(H,20,23). The van der Waals surface area contributed by atoms with Gasteiger partial charge in [-0.05, 0) is 62.3 Å². The third-order valence-corrected chi connectivity index (χ3v) is 4.41. The molecule has 6 heteroatoms. The lowest BCUT2D eigenvalue weighted by molar-refractivity contribution is -0.149. The third kappa shape index (κ3) is 4.41. The zero-order valence-electron chi connectivity index (χ0n) is 14.1.